The van der Waals surface area contributed by atoms with Crippen molar-refractivity contribution in [2.45, 2.75) is 19.0 Å². The number of carbonyl (C=O) groups is 2. The highest BCUT2D eigenvalue weighted by atomic mass is 19.4. The number of halogens is 3. The van der Waals surface area contributed by atoms with Gasteiger partial charge in [-0.25, -0.2) is 0 Å². The zero-order valence-corrected chi connectivity index (χ0v) is 12.1. The molecule has 1 heterocycles. The normalized spacial score (nSPS) is 15.0. The molecule has 5 nitrogen and oxygen atoms in total. The standard InChI is InChI=1S/C15H15F3N2O3/c16-15(17,18)14(22)20-12-3-1-2-11(9-12)19-13(21)8-10-4-6-23-7-5-10/h1-3,8-9H,4-7H2,(H,19,21)(H,20,22). The number of benzene rings is 1. The van der Waals surface area contributed by atoms with Gasteiger partial charge in [0.25, 0.3) is 0 Å². The van der Waals surface area contributed by atoms with Gasteiger partial charge in [-0.1, -0.05) is 11.6 Å². The van der Waals surface area contributed by atoms with Gasteiger partial charge in [0.15, 0.2) is 0 Å². The minimum absolute atomic E-state index is 0.0520. The first-order valence-corrected chi connectivity index (χ1v) is 6.91. The lowest BCUT2D eigenvalue weighted by atomic mass is 10.1. The second-order valence-electron chi connectivity index (χ2n) is 4.94. The first-order valence-electron chi connectivity index (χ1n) is 6.91. The van der Waals surface area contributed by atoms with Gasteiger partial charge in [0.2, 0.25) is 5.91 Å². The van der Waals surface area contributed by atoms with Gasteiger partial charge in [-0.3, -0.25) is 9.59 Å². The smallest absolute Gasteiger partial charge is 0.381 e. The quantitative estimate of drug-likeness (QED) is 0.839. The molecule has 124 valence electrons. The predicted molar refractivity (Wildman–Crippen MR) is 77.9 cm³/mol. The summed E-state index contributed by atoms with van der Waals surface area (Å²) in [5.41, 5.74) is 1.19. The Morgan fingerprint density at radius 3 is 2.30 bits per heavy atom. The van der Waals surface area contributed by atoms with E-state index in [0.29, 0.717) is 31.7 Å². The molecule has 2 N–H and O–H groups in total. The van der Waals surface area contributed by atoms with E-state index in [4.69, 9.17) is 4.74 Å². The van der Waals surface area contributed by atoms with Crippen molar-refractivity contribution in [2.75, 3.05) is 23.8 Å². The minimum Gasteiger partial charge on any atom is -0.381 e. The number of rotatable bonds is 3. The Balaban J connectivity index is 1.99. The van der Waals surface area contributed by atoms with E-state index in [9.17, 15) is 22.8 Å². The largest absolute Gasteiger partial charge is 0.471 e. The number of nitrogens with one attached hydrogen (secondary N) is 2. The number of carbonyl (C=O) groups excluding carboxylic acids is 2. The Morgan fingerprint density at radius 1 is 1.09 bits per heavy atom. The van der Waals surface area contributed by atoms with Gasteiger partial charge in [-0.2, -0.15) is 13.2 Å². The Kier molecular flexibility index (Phi) is 5.38. The van der Waals surface area contributed by atoms with Crippen LogP contribution in [0.15, 0.2) is 35.9 Å². The third kappa shape index (κ3) is 5.41. The molecular formula is C15H15F3N2O3. The van der Waals surface area contributed by atoms with Gasteiger partial charge in [0, 0.05) is 17.5 Å². The van der Waals surface area contributed by atoms with E-state index >= 15 is 0 Å². The summed E-state index contributed by atoms with van der Waals surface area (Å²) in [5, 5.41) is 4.28. The first kappa shape index (κ1) is 17.0. The average Bonchev–Trinajstić information content (AvgIpc) is 2.47. The van der Waals surface area contributed by atoms with Crippen molar-refractivity contribution in [3.8, 4) is 0 Å². The second kappa shape index (κ2) is 7.28. The molecular weight excluding hydrogens is 313 g/mol. The van der Waals surface area contributed by atoms with E-state index in [-0.39, 0.29) is 11.6 Å². The van der Waals surface area contributed by atoms with Crippen molar-refractivity contribution in [2.24, 2.45) is 0 Å². The summed E-state index contributed by atoms with van der Waals surface area (Å²) in [6.45, 7) is 1.14. The lowest BCUT2D eigenvalue weighted by Crippen LogP contribution is -2.29. The van der Waals surface area contributed by atoms with Crippen LogP contribution < -0.4 is 10.6 Å². The number of anilines is 2. The summed E-state index contributed by atoms with van der Waals surface area (Å²) in [4.78, 5) is 22.8. The molecule has 2 amide bonds. The molecule has 0 saturated carbocycles. The summed E-state index contributed by atoms with van der Waals surface area (Å²) in [5.74, 6) is -2.44. The maximum absolute atomic E-state index is 12.2. The molecule has 1 aromatic carbocycles. The van der Waals surface area contributed by atoms with Crippen molar-refractivity contribution in [3.63, 3.8) is 0 Å². The van der Waals surface area contributed by atoms with E-state index in [1.54, 1.807) is 5.32 Å². The highest BCUT2D eigenvalue weighted by Crippen LogP contribution is 2.21. The van der Waals surface area contributed by atoms with Gasteiger partial charge >= 0.3 is 12.1 Å². The SMILES string of the molecule is O=C(C=C1CCOCC1)Nc1cccc(NC(=O)C(F)(F)F)c1. The fourth-order valence-electron chi connectivity index (χ4n) is 2.02. The van der Waals surface area contributed by atoms with Crippen LogP contribution in [0.4, 0.5) is 24.5 Å². The summed E-state index contributed by atoms with van der Waals surface area (Å²) in [6, 6.07) is 5.51. The topological polar surface area (TPSA) is 67.4 Å². The van der Waals surface area contributed by atoms with Crippen LogP contribution in [0.5, 0.6) is 0 Å². The van der Waals surface area contributed by atoms with E-state index in [0.717, 1.165) is 5.57 Å². The molecule has 1 saturated heterocycles. The van der Waals surface area contributed by atoms with Gasteiger partial charge in [0.05, 0.1) is 13.2 Å². The number of alkyl halides is 3. The molecule has 2 rings (SSSR count). The average molecular weight is 328 g/mol. The lowest BCUT2D eigenvalue weighted by Gasteiger charge is -2.14. The summed E-state index contributed by atoms with van der Waals surface area (Å²) < 4.78 is 41.8. The number of amides is 2. The van der Waals surface area contributed by atoms with Crippen LogP contribution in [0.3, 0.4) is 0 Å². The van der Waals surface area contributed by atoms with Gasteiger partial charge in [-0.05, 0) is 31.0 Å². The molecule has 0 bridgehead atoms. The monoisotopic (exact) mass is 328 g/mol. The third-order valence-corrected chi connectivity index (χ3v) is 3.12. The van der Waals surface area contributed by atoms with Crippen LogP contribution >= 0.6 is 0 Å². The van der Waals surface area contributed by atoms with Gasteiger partial charge in [-0.15, -0.1) is 0 Å². The molecule has 0 aliphatic carbocycles. The summed E-state index contributed by atoms with van der Waals surface area (Å²) in [6.07, 6.45) is -2.15. The molecule has 1 fully saturated rings. The molecule has 0 aromatic heterocycles. The maximum Gasteiger partial charge on any atom is 0.471 e. The molecule has 0 unspecified atom stereocenters. The minimum atomic E-state index is -4.97. The van der Waals surface area contributed by atoms with Crippen LogP contribution in [0.1, 0.15) is 12.8 Å². The van der Waals surface area contributed by atoms with E-state index in [2.05, 4.69) is 5.32 Å². The Bertz CT molecular complexity index is 619. The number of ether oxygens (including phenoxy) is 1. The van der Waals surface area contributed by atoms with E-state index < -0.39 is 12.1 Å². The van der Waals surface area contributed by atoms with Crippen LogP contribution in [-0.4, -0.2) is 31.2 Å². The lowest BCUT2D eigenvalue weighted by molar-refractivity contribution is -0.167. The van der Waals surface area contributed by atoms with Crippen molar-refractivity contribution < 1.29 is 27.5 Å². The zero-order chi connectivity index (χ0) is 16.9. The molecule has 23 heavy (non-hydrogen) atoms. The zero-order valence-electron chi connectivity index (χ0n) is 12.1. The molecule has 0 radical (unpaired) electrons. The maximum atomic E-state index is 12.2. The third-order valence-electron chi connectivity index (χ3n) is 3.12. The van der Waals surface area contributed by atoms with Crippen molar-refractivity contribution in [1.82, 2.24) is 0 Å². The molecule has 8 heteroatoms. The number of hydrogen-bond acceptors (Lipinski definition) is 3. The summed E-state index contributed by atoms with van der Waals surface area (Å²) in [7, 11) is 0. The van der Waals surface area contributed by atoms with E-state index in [1.165, 1.54) is 30.3 Å². The van der Waals surface area contributed by atoms with Crippen LogP contribution in [0.2, 0.25) is 0 Å². The molecule has 0 atom stereocenters. The number of hydrogen-bond donors (Lipinski definition) is 2. The Hall–Kier alpha value is -2.35. The fraction of sp³-hybridized carbons (Fsp3) is 0.333. The van der Waals surface area contributed by atoms with E-state index in [1.807, 2.05) is 0 Å². The second-order valence-corrected chi connectivity index (χ2v) is 4.94. The Labute approximate surface area is 130 Å². The Morgan fingerprint density at radius 2 is 1.70 bits per heavy atom. The molecule has 0 spiro atoms. The molecule has 1 aliphatic heterocycles. The van der Waals surface area contributed by atoms with Gasteiger partial charge < -0.3 is 15.4 Å². The highest BCUT2D eigenvalue weighted by Gasteiger charge is 2.38. The van der Waals surface area contributed by atoms with Crippen LogP contribution in [-0.2, 0) is 14.3 Å². The fourth-order valence-corrected chi connectivity index (χ4v) is 2.02. The van der Waals surface area contributed by atoms with Gasteiger partial charge in [0.1, 0.15) is 0 Å². The molecule has 1 aromatic rings. The van der Waals surface area contributed by atoms with Crippen LogP contribution in [0.25, 0.3) is 0 Å². The van der Waals surface area contributed by atoms with Crippen molar-refractivity contribution in [1.29, 1.82) is 0 Å². The summed E-state index contributed by atoms with van der Waals surface area (Å²) >= 11 is 0. The predicted octanol–water partition coefficient (Wildman–Crippen LogP) is 2.86. The van der Waals surface area contributed by atoms with Crippen LogP contribution in [0, 0.1) is 0 Å². The van der Waals surface area contributed by atoms with Crippen molar-refractivity contribution in [3.05, 3.63) is 35.9 Å². The molecule has 1 aliphatic rings. The highest BCUT2D eigenvalue weighted by molar-refractivity contribution is 6.00. The first-order chi connectivity index (χ1) is 10.8. The van der Waals surface area contributed by atoms with Crippen molar-refractivity contribution >= 4 is 23.2 Å².